The molecule has 0 fully saturated rings. The van der Waals surface area contributed by atoms with E-state index in [1.165, 1.54) is 25.6 Å². The van der Waals surface area contributed by atoms with E-state index in [1.807, 2.05) is 5.48 Å². The highest BCUT2D eigenvalue weighted by Gasteiger charge is 2.15. The quantitative estimate of drug-likeness (QED) is 0.484. The molecule has 0 amide bonds. The van der Waals surface area contributed by atoms with Gasteiger partial charge in [0.2, 0.25) is 0 Å². The summed E-state index contributed by atoms with van der Waals surface area (Å²) in [6, 6.07) is 5.36. The lowest BCUT2D eigenvalue weighted by atomic mass is 10.2. The van der Waals surface area contributed by atoms with Crippen molar-refractivity contribution in [3.05, 3.63) is 47.2 Å². The molecule has 1 aromatic heterocycles. The Morgan fingerprint density at radius 3 is 2.67 bits per heavy atom. The van der Waals surface area contributed by atoms with Gasteiger partial charge in [-0.15, -0.1) is 0 Å². The smallest absolute Gasteiger partial charge is 0.168 e. The molecule has 0 unspecified atom stereocenters. The molecule has 9 heteroatoms. The number of methoxy groups -OCH3 is 1. The van der Waals surface area contributed by atoms with Crippen molar-refractivity contribution in [2.75, 3.05) is 17.9 Å². The van der Waals surface area contributed by atoms with Crippen LogP contribution in [0.1, 0.15) is 0 Å². The Hall–Kier alpha value is -2.71. The molecular formula is C15H11ClF2N4O2. The summed E-state index contributed by atoms with van der Waals surface area (Å²) in [5, 5.41) is 11.8. The predicted octanol–water partition coefficient (Wildman–Crippen LogP) is 4.11. The lowest BCUT2D eigenvalue weighted by molar-refractivity contribution is 0.373. The van der Waals surface area contributed by atoms with Crippen LogP contribution in [0.2, 0.25) is 5.02 Å². The number of aromatic nitrogens is 2. The maximum Gasteiger partial charge on any atom is 0.168 e. The van der Waals surface area contributed by atoms with Crippen LogP contribution in [0.25, 0.3) is 10.9 Å². The molecule has 3 rings (SSSR count). The van der Waals surface area contributed by atoms with E-state index in [9.17, 15) is 14.0 Å². The molecule has 0 aliphatic rings. The summed E-state index contributed by atoms with van der Waals surface area (Å²) < 4.78 is 32.4. The van der Waals surface area contributed by atoms with E-state index in [1.54, 1.807) is 6.07 Å². The topological polar surface area (TPSA) is 79.3 Å². The van der Waals surface area contributed by atoms with E-state index in [0.29, 0.717) is 16.7 Å². The van der Waals surface area contributed by atoms with Crippen molar-refractivity contribution in [3.8, 4) is 5.75 Å². The van der Waals surface area contributed by atoms with Crippen LogP contribution in [0.3, 0.4) is 0 Å². The van der Waals surface area contributed by atoms with Gasteiger partial charge in [0.05, 0.1) is 18.3 Å². The molecule has 6 nitrogen and oxygen atoms in total. The maximum atomic E-state index is 14.1. The summed E-state index contributed by atoms with van der Waals surface area (Å²) in [5.41, 5.74) is 2.73. The highest BCUT2D eigenvalue weighted by atomic mass is 35.5. The highest BCUT2D eigenvalue weighted by molar-refractivity contribution is 6.31. The molecule has 0 radical (unpaired) electrons. The van der Waals surface area contributed by atoms with Crippen LogP contribution in [0, 0.1) is 11.6 Å². The van der Waals surface area contributed by atoms with E-state index < -0.39 is 16.7 Å². The average Bonchev–Trinajstić information content (AvgIpc) is 2.61. The molecule has 3 aromatic rings. The molecule has 0 atom stereocenters. The number of anilines is 3. The first-order valence-corrected chi connectivity index (χ1v) is 7.06. The molecule has 24 heavy (non-hydrogen) atoms. The molecule has 3 N–H and O–H groups in total. The van der Waals surface area contributed by atoms with Crippen LogP contribution < -0.4 is 15.5 Å². The Morgan fingerprint density at radius 1 is 1.17 bits per heavy atom. The van der Waals surface area contributed by atoms with Crippen molar-refractivity contribution in [3.63, 3.8) is 0 Å². The van der Waals surface area contributed by atoms with Gasteiger partial charge in [0, 0.05) is 11.5 Å². The fourth-order valence-electron chi connectivity index (χ4n) is 2.19. The number of fused-ring (bicyclic) bond motifs is 1. The molecule has 0 bridgehead atoms. The van der Waals surface area contributed by atoms with E-state index in [0.717, 1.165) is 6.07 Å². The fourth-order valence-corrected chi connectivity index (χ4v) is 2.35. The molecule has 0 saturated heterocycles. The first-order valence-electron chi connectivity index (χ1n) is 6.68. The first kappa shape index (κ1) is 16.2. The lowest BCUT2D eigenvalue weighted by Gasteiger charge is -2.13. The van der Waals surface area contributed by atoms with E-state index in [4.69, 9.17) is 16.3 Å². The van der Waals surface area contributed by atoms with Crippen LogP contribution in [-0.4, -0.2) is 22.3 Å². The second kappa shape index (κ2) is 6.42. The fraction of sp³-hybridized carbons (Fsp3) is 0.0667. The molecule has 1 heterocycles. The van der Waals surface area contributed by atoms with Gasteiger partial charge in [0.1, 0.15) is 34.4 Å². The van der Waals surface area contributed by atoms with E-state index >= 15 is 0 Å². The summed E-state index contributed by atoms with van der Waals surface area (Å²) in [7, 11) is 1.44. The first-order chi connectivity index (χ1) is 11.5. The van der Waals surface area contributed by atoms with Gasteiger partial charge < -0.3 is 10.1 Å². The van der Waals surface area contributed by atoms with Crippen LogP contribution in [0.4, 0.5) is 26.0 Å². The standard InChI is InChI=1S/C15H11ClF2N4O2/c1-24-12-5-10-7(4-11(12)22-23)15(20-6-19-10)21-9-3-2-8(17)13(16)14(9)18/h2-6,22-23H,1H3,(H,19,20,21). The Morgan fingerprint density at radius 2 is 1.96 bits per heavy atom. The molecule has 0 spiro atoms. The summed E-state index contributed by atoms with van der Waals surface area (Å²) >= 11 is 5.57. The number of rotatable bonds is 4. The summed E-state index contributed by atoms with van der Waals surface area (Å²) in [4.78, 5) is 8.15. The Kier molecular flexibility index (Phi) is 4.32. The van der Waals surface area contributed by atoms with Crippen LogP contribution >= 0.6 is 11.6 Å². The summed E-state index contributed by atoms with van der Waals surface area (Å²) in [6.07, 6.45) is 1.28. The van der Waals surface area contributed by atoms with Crippen molar-refractivity contribution in [1.29, 1.82) is 0 Å². The van der Waals surface area contributed by atoms with E-state index in [2.05, 4.69) is 15.3 Å². The molecule has 0 aliphatic carbocycles. The molecule has 0 aliphatic heterocycles. The molecule has 2 aromatic carbocycles. The monoisotopic (exact) mass is 352 g/mol. The Bertz CT molecular complexity index is 924. The van der Waals surface area contributed by atoms with Gasteiger partial charge in [-0.2, -0.15) is 0 Å². The zero-order valence-electron chi connectivity index (χ0n) is 12.3. The molecule has 0 saturated carbocycles. The number of hydrogen-bond acceptors (Lipinski definition) is 6. The third-order valence-electron chi connectivity index (χ3n) is 3.37. The second-order valence-electron chi connectivity index (χ2n) is 4.75. The maximum absolute atomic E-state index is 14.1. The van der Waals surface area contributed by atoms with Crippen molar-refractivity contribution >= 4 is 39.7 Å². The van der Waals surface area contributed by atoms with Crippen molar-refractivity contribution in [1.82, 2.24) is 9.97 Å². The van der Waals surface area contributed by atoms with Gasteiger partial charge >= 0.3 is 0 Å². The minimum absolute atomic E-state index is 0.0456. The minimum atomic E-state index is -0.933. The number of halogens is 3. The van der Waals surface area contributed by atoms with Crippen molar-refractivity contribution in [2.24, 2.45) is 0 Å². The third kappa shape index (κ3) is 2.77. The van der Waals surface area contributed by atoms with Crippen LogP contribution in [0.15, 0.2) is 30.6 Å². The summed E-state index contributed by atoms with van der Waals surface area (Å²) in [6.45, 7) is 0. The number of nitrogens with one attached hydrogen (secondary N) is 2. The second-order valence-corrected chi connectivity index (χ2v) is 5.13. The van der Waals surface area contributed by atoms with Crippen molar-refractivity contribution < 1.29 is 18.7 Å². The van der Waals surface area contributed by atoms with E-state index in [-0.39, 0.29) is 17.2 Å². The SMILES string of the molecule is COc1cc2ncnc(Nc3ccc(F)c(Cl)c3F)c2cc1NO. The van der Waals surface area contributed by atoms with Gasteiger partial charge in [0.15, 0.2) is 5.82 Å². The molecular weight excluding hydrogens is 342 g/mol. The van der Waals surface area contributed by atoms with Crippen LogP contribution in [0.5, 0.6) is 5.75 Å². The number of benzene rings is 2. The largest absolute Gasteiger partial charge is 0.494 e. The lowest BCUT2D eigenvalue weighted by Crippen LogP contribution is -2.01. The van der Waals surface area contributed by atoms with Gasteiger partial charge in [-0.05, 0) is 18.2 Å². The van der Waals surface area contributed by atoms with Gasteiger partial charge in [-0.1, -0.05) is 11.6 Å². The Labute approximate surface area is 140 Å². The third-order valence-corrected chi connectivity index (χ3v) is 3.71. The minimum Gasteiger partial charge on any atom is -0.494 e. The van der Waals surface area contributed by atoms with Crippen LogP contribution in [-0.2, 0) is 0 Å². The molecule has 124 valence electrons. The zero-order chi connectivity index (χ0) is 17.3. The van der Waals surface area contributed by atoms with Gasteiger partial charge in [-0.3, -0.25) is 10.7 Å². The highest BCUT2D eigenvalue weighted by Crippen LogP contribution is 2.34. The van der Waals surface area contributed by atoms with Gasteiger partial charge in [-0.25, -0.2) is 18.7 Å². The van der Waals surface area contributed by atoms with Crippen molar-refractivity contribution in [2.45, 2.75) is 0 Å². The number of nitrogens with zero attached hydrogens (tertiary/aromatic N) is 2. The number of hydrogen-bond donors (Lipinski definition) is 3. The zero-order valence-corrected chi connectivity index (χ0v) is 13.0. The average molecular weight is 353 g/mol. The Balaban J connectivity index is 2.12. The van der Waals surface area contributed by atoms with Gasteiger partial charge in [0.25, 0.3) is 0 Å². The predicted molar refractivity (Wildman–Crippen MR) is 86.1 cm³/mol. The number of ether oxygens (including phenoxy) is 1. The summed E-state index contributed by atoms with van der Waals surface area (Å²) in [5.74, 6) is -1.17. The normalized spacial score (nSPS) is 10.7.